The van der Waals surface area contributed by atoms with E-state index in [1.807, 2.05) is 18.2 Å². The smallest absolute Gasteiger partial charge is 0.119 e. The number of rotatable bonds is 7. The van der Waals surface area contributed by atoms with Gasteiger partial charge in [0.1, 0.15) is 5.75 Å². The van der Waals surface area contributed by atoms with Crippen LogP contribution in [0.25, 0.3) is 0 Å². The van der Waals surface area contributed by atoms with Gasteiger partial charge < -0.3 is 10.1 Å². The lowest BCUT2D eigenvalue weighted by molar-refractivity contribution is 0.322. The Bertz CT molecular complexity index is 750. The standard InChI is InChI=1S/C22H23NO/c1-18-6-5-9-21(16-18)23-17-20-10-12-22(13-11-20)24-15-14-19-7-3-2-4-8-19/h2-13,16,23H,14-15,17H2,1H3. The van der Waals surface area contributed by atoms with Crippen molar-refractivity contribution in [3.63, 3.8) is 0 Å². The number of benzene rings is 3. The van der Waals surface area contributed by atoms with Gasteiger partial charge in [-0.25, -0.2) is 0 Å². The molecule has 2 nitrogen and oxygen atoms in total. The topological polar surface area (TPSA) is 21.3 Å². The summed E-state index contributed by atoms with van der Waals surface area (Å²) in [6, 6.07) is 27.1. The molecule has 0 amide bonds. The third-order valence-corrected chi connectivity index (χ3v) is 3.94. The Morgan fingerprint density at radius 1 is 0.792 bits per heavy atom. The first kappa shape index (κ1) is 16.1. The van der Waals surface area contributed by atoms with Gasteiger partial charge in [0, 0.05) is 18.7 Å². The molecule has 3 rings (SSSR count). The van der Waals surface area contributed by atoms with E-state index in [0.29, 0.717) is 6.61 Å². The van der Waals surface area contributed by atoms with E-state index in [-0.39, 0.29) is 0 Å². The SMILES string of the molecule is Cc1cccc(NCc2ccc(OCCc3ccccc3)cc2)c1. The normalized spacial score (nSPS) is 10.4. The fourth-order valence-corrected chi connectivity index (χ4v) is 2.59. The highest BCUT2D eigenvalue weighted by atomic mass is 16.5. The van der Waals surface area contributed by atoms with Crippen molar-refractivity contribution >= 4 is 5.69 Å². The van der Waals surface area contributed by atoms with E-state index in [2.05, 4.69) is 72.9 Å². The van der Waals surface area contributed by atoms with Crippen LogP contribution in [0.3, 0.4) is 0 Å². The van der Waals surface area contributed by atoms with Gasteiger partial charge in [-0.15, -0.1) is 0 Å². The number of nitrogens with one attached hydrogen (secondary N) is 1. The molecule has 0 saturated carbocycles. The Labute approximate surface area is 144 Å². The summed E-state index contributed by atoms with van der Waals surface area (Å²) in [5, 5.41) is 3.45. The summed E-state index contributed by atoms with van der Waals surface area (Å²) in [7, 11) is 0. The van der Waals surface area contributed by atoms with E-state index in [0.717, 1.165) is 24.4 Å². The maximum absolute atomic E-state index is 5.82. The number of hydrogen-bond donors (Lipinski definition) is 1. The first-order chi connectivity index (χ1) is 11.8. The fourth-order valence-electron chi connectivity index (χ4n) is 2.59. The highest BCUT2D eigenvalue weighted by Crippen LogP contribution is 2.15. The van der Waals surface area contributed by atoms with Crippen molar-refractivity contribution in [2.45, 2.75) is 19.9 Å². The van der Waals surface area contributed by atoms with Gasteiger partial charge >= 0.3 is 0 Å². The fraction of sp³-hybridized carbons (Fsp3) is 0.182. The molecule has 2 heteroatoms. The minimum atomic E-state index is 0.699. The van der Waals surface area contributed by atoms with Crippen LogP contribution in [0.2, 0.25) is 0 Å². The molecule has 0 saturated heterocycles. The van der Waals surface area contributed by atoms with Gasteiger partial charge in [-0.3, -0.25) is 0 Å². The Kier molecular flexibility index (Phi) is 5.52. The first-order valence-corrected chi connectivity index (χ1v) is 8.36. The maximum atomic E-state index is 5.82. The zero-order chi connectivity index (χ0) is 16.6. The predicted molar refractivity (Wildman–Crippen MR) is 101 cm³/mol. The maximum Gasteiger partial charge on any atom is 0.119 e. The zero-order valence-electron chi connectivity index (χ0n) is 14.0. The highest BCUT2D eigenvalue weighted by Gasteiger charge is 1.98. The highest BCUT2D eigenvalue weighted by molar-refractivity contribution is 5.46. The molecule has 0 aliphatic heterocycles. The summed E-state index contributed by atoms with van der Waals surface area (Å²) in [5.74, 6) is 0.922. The van der Waals surface area contributed by atoms with Gasteiger partial charge in [-0.2, -0.15) is 0 Å². The van der Waals surface area contributed by atoms with Crippen LogP contribution in [0.4, 0.5) is 5.69 Å². The van der Waals surface area contributed by atoms with Crippen molar-refractivity contribution in [3.8, 4) is 5.75 Å². The molecule has 0 fully saturated rings. The monoisotopic (exact) mass is 317 g/mol. The molecule has 24 heavy (non-hydrogen) atoms. The summed E-state index contributed by atoms with van der Waals surface area (Å²) < 4.78 is 5.82. The summed E-state index contributed by atoms with van der Waals surface area (Å²) in [5.41, 5.74) is 4.96. The van der Waals surface area contributed by atoms with Gasteiger partial charge in [-0.1, -0.05) is 54.6 Å². The van der Waals surface area contributed by atoms with Crippen LogP contribution in [0, 0.1) is 6.92 Å². The van der Waals surface area contributed by atoms with Gasteiger partial charge in [0.05, 0.1) is 6.61 Å². The molecule has 0 spiro atoms. The van der Waals surface area contributed by atoms with E-state index >= 15 is 0 Å². The first-order valence-electron chi connectivity index (χ1n) is 8.36. The van der Waals surface area contributed by atoms with E-state index < -0.39 is 0 Å². The largest absolute Gasteiger partial charge is 0.493 e. The van der Waals surface area contributed by atoms with Crippen molar-refractivity contribution in [3.05, 3.63) is 95.6 Å². The Hall–Kier alpha value is -2.74. The molecular formula is C22H23NO. The molecular weight excluding hydrogens is 294 g/mol. The van der Waals surface area contributed by atoms with Crippen molar-refractivity contribution in [2.24, 2.45) is 0 Å². The molecule has 3 aromatic carbocycles. The molecule has 0 unspecified atom stereocenters. The molecule has 0 bridgehead atoms. The lowest BCUT2D eigenvalue weighted by Crippen LogP contribution is -2.02. The van der Waals surface area contributed by atoms with Crippen LogP contribution in [-0.4, -0.2) is 6.61 Å². The second-order valence-electron chi connectivity index (χ2n) is 5.95. The Morgan fingerprint density at radius 2 is 1.58 bits per heavy atom. The quantitative estimate of drug-likeness (QED) is 0.644. The minimum absolute atomic E-state index is 0.699. The zero-order valence-corrected chi connectivity index (χ0v) is 14.0. The molecule has 0 aromatic heterocycles. The van der Waals surface area contributed by atoms with E-state index in [4.69, 9.17) is 4.74 Å². The van der Waals surface area contributed by atoms with Crippen LogP contribution in [0.15, 0.2) is 78.9 Å². The molecule has 0 radical (unpaired) electrons. The predicted octanol–water partition coefficient (Wildman–Crippen LogP) is 5.23. The van der Waals surface area contributed by atoms with Crippen molar-refractivity contribution in [1.82, 2.24) is 0 Å². The summed E-state index contributed by atoms with van der Waals surface area (Å²) in [4.78, 5) is 0. The van der Waals surface area contributed by atoms with Crippen molar-refractivity contribution < 1.29 is 4.74 Å². The molecule has 0 aliphatic rings. The van der Waals surface area contributed by atoms with Crippen LogP contribution in [-0.2, 0) is 13.0 Å². The summed E-state index contributed by atoms with van der Waals surface area (Å²) in [6.45, 7) is 3.62. The Morgan fingerprint density at radius 3 is 2.33 bits per heavy atom. The lowest BCUT2D eigenvalue weighted by Gasteiger charge is -2.09. The third kappa shape index (κ3) is 4.88. The number of ether oxygens (including phenoxy) is 1. The van der Waals surface area contributed by atoms with Crippen LogP contribution in [0.1, 0.15) is 16.7 Å². The van der Waals surface area contributed by atoms with Gasteiger partial charge in [0.15, 0.2) is 0 Å². The summed E-state index contributed by atoms with van der Waals surface area (Å²) >= 11 is 0. The second kappa shape index (κ2) is 8.21. The van der Waals surface area contributed by atoms with Crippen molar-refractivity contribution in [1.29, 1.82) is 0 Å². The van der Waals surface area contributed by atoms with Gasteiger partial charge in [-0.05, 0) is 47.9 Å². The average molecular weight is 317 g/mol. The van der Waals surface area contributed by atoms with E-state index in [1.54, 1.807) is 0 Å². The average Bonchev–Trinajstić information content (AvgIpc) is 2.62. The number of hydrogen-bond acceptors (Lipinski definition) is 2. The minimum Gasteiger partial charge on any atom is -0.493 e. The molecule has 0 atom stereocenters. The van der Waals surface area contributed by atoms with Crippen LogP contribution >= 0.6 is 0 Å². The summed E-state index contributed by atoms with van der Waals surface area (Å²) in [6.07, 6.45) is 0.928. The van der Waals surface area contributed by atoms with E-state index in [9.17, 15) is 0 Å². The van der Waals surface area contributed by atoms with Gasteiger partial charge in [0.25, 0.3) is 0 Å². The number of aryl methyl sites for hydroxylation is 1. The molecule has 122 valence electrons. The molecule has 3 aromatic rings. The Balaban J connectivity index is 1.46. The molecule has 1 N–H and O–H groups in total. The van der Waals surface area contributed by atoms with E-state index in [1.165, 1.54) is 16.7 Å². The van der Waals surface area contributed by atoms with Crippen LogP contribution in [0.5, 0.6) is 5.75 Å². The molecule has 0 aliphatic carbocycles. The third-order valence-electron chi connectivity index (χ3n) is 3.94. The van der Waals surface area contributed by atoms with Crippen molar-refractivity contribution in [2.75, 3.05) is 11.9 Å². The molecule has 0 heterocycles. The second-order valence-corrected chi connectivity index (χ2v) is 5.95. The van der Waals surface area contributed by atoms with Crippen LogP contribution < -0.4 is 10.1 Å². The number of anilines is 1. The van der Waals surface area contributed by atoms with Gasteiger partial charge in [0.2, 0.25) is 0 Å². The lowest BCUT2D eigenvalue weighted by atomic mass is 10.2.